The Hall–Kier alpha value is -2.04. The average Bonchev–Trinajstić information content (AvgIpc) is 2.36. The summed E-state index contributed by atoms with van der Waals surface area (Å²) < 4.78 is 5.39. The van der Waals surface area contributed by atoms with Gasteiger partial charge in [0.2, 0.25) is 5.91 Å². The standard InChI is InChI=1S/C16H24N2O3/c1-11-6-7-13(8-12(11)2)21-10-15(20)17-9-14(19)18-16(3,4)5/h6-8H,9-10H2,1-5H3,(H,17,20)(H,18,19). The molecule has 0 heterocycles. The van der Waals surface area contributed by atoms with Gasteiger partial charge >= 0.3 is 0 Å². The molecule has 1 aromatic rings. The molecule has 5 heteroatoms. The van der Waals surface area contributed by atoms with Gasteiger partial charge in [-0.1, -0.05) is 6.07 Å². The maximum atomic E-state index is 11.6. The minimum Gasteiger partial charge on any atom is -0.484 e. The fourth-order valence-electron chi connectivity index (χ4n) is 1.64. The average molecular weight is 292 g/mol. The summed E-state index contributed by atoms with van der Waals surface area (Å²) in [5, 5.41) is 5.29. The van der Waals surface area contributed by atoms with E-state index in [2.05, 4.69) is 10.6 Å². The third kappa shape index (κ3) is 6.79. The summed E-state index contributed by atoms with van der Waals surface area (Å²) >= 11 is 0. The maximum Gasteiger partial charge on any atom is 0.258 e. The molecule has 0 radical (unpaired) electrons. The lowest BCUT2D eigenvalue weighted by Crippen LogP contribution is -2.46. The van der Waals surface area contributed by atoms with Gasteiger partial charge < -0.3 is 15.4 Å². The fraction of sp³-hybridized carbons (Fsp3) is 0.500. The lowest BCUT2D eigenvalue weighted by Gasteiger charge is -2.20. The number of carbonyl (C=O) groups excluding carboxylic acids is 2. The molecule has 0 unspecified atom stereocenters. The van der Waals surface area contributed by atoms with E-state index < -0.39 is 0 Å². The van der Waals surface area contributed by atoms with Gasteiger partial charge in [0.15, 0.2) is 6.61 Å². The first-order valence-electron chi connectivity index (χ1n) is 6.95. The Morgan fingerprint density at radius 1 is 1.10 bits per heavy atom. The van der Waals surface area contributed by atoms with Gasteiger partial charge in [-0.2, -0.15) is 0 Å². The van der Waals surface area contributed by atoms with Crippen molar-refractivity contribution < 1.29 is 14.3 Å². The van der Waals surface area contributed by atoms with Gasteiger partial charge in [0.25, 0.3) is 5.91 Å². The predicted molar refractivity (Wildman–Crippen MR) is 82.3 cm³/mol. The van der Waals surface area contributed by atoms with Gasteiger partial charge in [-0.3, -0.25) is 9.59 Å². The number of nitrogens with one attached hydrogen (secondary N) is 2. The van der Waals surface area contributed by atoms with Crippen LogP contribution in [-0.4, -0.2) is 30.5 Å². The first-order valence-corrected chi connectivity index (χ1v) is 6.95. The third-order valence-electron chi connectivity index (χ3n) is 2.81. The Morgan fingerprint density at radius 2 is 1.76 bits per heavy atom. The van der Waals surface area contributed by atoms with Crippen molar-refractivity contribution in [1.29, 1.82) is 0 Å². The van der Waals surface area contributed by atoms with Crippen molar-refractivity contribution in [3.63, 3.8) is 0 Å². The molecule has 0 saturated carbocycles. The van der Waals surface area contributed by atoms with Crippen LogP contribution in [0, 0.1) is 13.8 Å². The van der Waals surface area contributed by atoms with E-state index in [1.54, 1.807) is 0 Å². The van der Waals surface area contributed by atoms with E-state index in [1.165, 1.54) is 5.56 Å². The molecule has 0 aliphatic rings. The topological polar surface area (TPSA) is 67.4 Å². The van der Waals surface area contributed by atoms with Crippen molar-refractivity contribution >= 4 is 11.8 Å². The van der Waals surface area contributed by atoms with E-state index in [9.17, 15) is 9.59 Å². The first-order chi connectivity index (χ1) is 9.67. The highest BCUT2D eigenvalue weighted by molar-refractivity contribution is 5.85. The second-order valence-electron chi connectivity index (χ2n) is 6.11. The second-order valence-corrected chi connectivity index (χ2v) is 6.11. The molecule has 21 heavy (non-hydrogen) atoms. The molecule has 1 rings (SSSR count). The van der Waals surface area contributed by atoms with E-state index in [0.29, 0.717) is 5.75 Å². The number of hydrogen-bond donors (Lipinski definition) is 2. The molecule has 1 aromatic carbocycles. The SMILES string of the molecule is Cc1ccc(OCC(=O)NCC(=O)NC(C)(C)C)cc1C. The zero-order valence-corrected chi connectivity index (χ0v) is 13.4. The smallest absolute Gasteiger partial charge is 0.258 e. The lowest BCUT2D eigenvalue weighted by atomic mass is 10.1. The van der Waals surface area contributed by atoms with Crippen LogP contribution in [0.1, 0.15) is 31.9 Å². The molecule has 0 fully saturated rings. The van der Waals surface area contributed by atoms with Crippen molar-refractivity contribution in [2.75, 3.05) is 13.2 Å². The molecule has 0 aromatic heterocycles. The third-order valence-corrected chi connectivity index (χ3v) is 2.81. The second kappa shape index (κ2) is 7.11. The summed E-state index contributed by atoms with van der Waals surface area (Å²) in [6.07, 6.45) is 0. The highest BCUT2D eigenvalue weighted by atomic mass is 16.5. The van der Waals surface area contributed by atoms with Crippen LogP contribution in [0.25, 0.3) is 0 Å². The van der Waals surface area contributed by atoms with Gasteiger partial charge in [-0.25, -0.2) is 0 Å². The van der Waals surface area contributed by atoms with Crippen LogP contribution in [-0.2, 0) is 9.59 Å². The van der Waals surface area contributed by atoms with Crippen LogP contribution in [0.2, 0.25) is 0 Å². The predicted octanol–water partition coefficient (Wildman–Crippen LogP) is 1.71. The Morgan fingerprint density at radius 3 is 2.33 bits per heavy atom. The summed E-state index contributed by atoms with van der Waals surface area (Å²) in [5.41, 5.74) is 1.97. The van der Waals surface area contributed by atoms with Crippen LogP contribution in [0.4, 0.5) is 0 Å². The normalized spacial score (nSPS) is 10.9. The van der Waals surface area contributed by atoms with Crippen molar-refractivity contribution in [2.45, 2.75) is 40.2 Å². The van der Waals surface area contributed by atoms with E-state index >= 15 is 0 Å². The van der Waals surface area contributed by atoms with Gasteiger partial charge in [-0.05, 0) is 57.9 Å². The summed E-state index contributed by atoms with van der Waals surface area (Å²) in [5.74, 6) is 0.103. The van der Waals surface area contributed by atoms with Crippen LogP contribution < -0.4 is 15.4 Å². The van der Waals surface area contributed by atoms with Gasteiger partial charge in [-0.15, -0.1) is 0 Å². The van der Waals surface area contributed by atoms with Crippen LogP contribution >= 0.6 is 0 Å². The molecule has 2 N–H and O–H groups in total. The van der Waals surface area contributed by atoms with Crippen LogP contribution in [0.3, 0.4) is 0 Å². The molecule has 0 saturated heterocycles. The van der Waals surface area contributed by atoms with Crippen LogP contribution in [0.15, 0.2) is 18.2 Å². The van der Waals surface area contributed by atoms with Crippen LogP contribution in [0.5, 0.6) is 5.75 Å². The lowest BCUT2D eigenvalue weighted by molar-refractivity contribution is -0.127. The van der Waals surface area contributed by atoms with Crippen molar-refractivity contribution in [1.82, 2.24) is 10.6 Å². The Kier molecular flexibility index (Phi) is 5.76. The van der Waals surface area contributed by atoms with E-state index in [-0.39, 0.29) is 30.5 Å². The Bertz CT molecular complexity index is 519. The molecule has 0 aliphatic heterocycles. The molecular formula is C16H24N2O3. The fourth-order valence-corrected chi connectivity index (χ4v) is 1.64. The number of rotatable bonds is 5. The monoisotopic (exact) mass is 292 g/mol. The van der Waals surface area contributed by atoms with E-state index in [0.717, 1.165) is 5.56 Å². The Balaban J connectivity index is 2.34. The summed E-state index contributed by atoms with van der Waals surface area (Å²) in [4.78, 5) is 23.2. The number of carbonyl (C=O) groups is 2. The van der Waals surface area contributed by atoms with E-state index in [1.807, 2.05) is 52.8 Å². The highest BCUT2D eigenvalue weighted by Gasteiger charge is 2.14. The number of amides is 2. The van der Waals surface area contributed by atoms with Crippen molar-refractivity contribution in [3.05, 3.63) is 29.3 Å². The number of hydrogen-bond acceptors (Lipinski definition) is 3. The largest absolute Gasteiger partial charge is 0.484 e. The number of benzene rings is 1. The molecule has 0 spiro atoms. The highest BCUT2D eigenvalue weighted by Crippen LogP contribution is 2.16. The van der Waals surface area contributed by atoms with Crippen molar-refractivity contribution in [2.24, 2.45) is 0 Å². The summed E-state index contributed by atoms with van der Waals surface area (Å²) in [7, 11) is 0. The molecule has 0 atom stereocenters. The quantitative estimate of drug-likeness (QED) is 0.868. The van der Waals surface area contributed by atoms with Gasteiger partial charge in [0.05, 0.1) is 6.54 Å². The van der Waals surface area contributed by atoms with E-state index in [4.69, 9.17) is 4.74 Å². The molecule has 0 bridgehead atoms. The zero-order chi connectivity index (χ0) is 16.0. The summed E-state index contributed by atoms with van der Waals surface area (Å²) in [6, 6.07) is 5.65. The maximum absolute atomic E-state index is 11.6. The minimum absolute atomic E-state index is 0.0492. The number of ether oxygens (including phenoxy) is 1. The molecule has 5 nitrogen and oxygen atoms in total. The van der Waals surface area contributed by atoms with Gasteiger partial charge in [0.1, 0.15) is 5.75 Å². The number of aryl methyl sites for hydroxylation is 2. The molecule has 0 aliphatic carbocycles. The Labute approximate surface area is 126 Å². The zero-order valence-electron chi connectivity index (χ0n) is 13.4. The first kappa shape index (κ1) is 17.0. The summed E-state index contributed by atoms with van der Waals surface area (Å²) in [6.45, 7) is 9.50. The molecule has 2 amide bonds. The molecule has 116 valence electrons. The van der Waals surface area contributed by atoms with Crippen molar-refractivity contribution in [3.8, 4) is 5.75 Å². The van der Waals surface area contributed by atoms with Gasteiger partial charge in [0, 0.05) is 5.54 Å². The minimum atomic E-state index is -0.322. The molecular weight excluding hydrogens is 268 g/mol.